The molecule has 0 spiro atoms. The molecular formula is C21H30O9. The van der Waals surface area contributed by atoms with Crippen molar-refractivity contribution in [2.75, 3.05) is 6.61 Å². The van der Waals surface area contributed by atoms with E-state index in [1.165, 1.54) is 18.2 Å². The van der Waals surface area contributed by atoms with Crippen LogP contribution in [0.1, 0.15) is 34.1 Å². The molecule has 1 fully saturated rings. The molecule has 30 heavy (non-hydrogen) atoms. The van der Waals surface area contributed by atoms with Crippen LogP contribution >= 0.6 is 0 Å². The monoisotopic (exact) mass is 426 g/mol. The molecule has 0 aromatic carbocycles. The number of hydrogen-bond donors (Lipinski definition) is 5. The minimum atomic E-state index is -1.69. The molecule has 6 atom stereocenters. The molecule has 0 bridgehead atoms. The van der Waals surface area contributed by atoms with Crippen LogP contribution in [-0.4, -0.2) is 80.2 Å². The van der Waals surface area contributed by atoms with E-state index < -0.39 is 54.3 Å². The number of carbonyl (C=O) groups is 2. The third-order valence-electron chi connectivity index (χ3n) is 5.64. The predicted octanol–water partition coefficient (Wildman–Crippen LogP) is -0.492. The molecule has 1 aliphatic carbocycles. The average molecular weight is 426 g/mol. The number of aliphatic hydroxyl groups is 5. The third kappa shape index (κ3) is 4.88. The lowest BCUT2D eigenvalue weighted by Crippen LogP contribution is -2.59. The highest BCUT2D eigenvalue weighted by molar-refractivity contribution is 5.92. The summed E-state index contributed by atoms with van der Waals surface area (Å²) in [5.74, 6) is -0.954. The van der Waals surface area contributed by atoms with Gasteiger partial charge in [-0.2, -0.15) is 0 Å². The van der Waals surface area contributed by atoms with Crippen LogP contribution in [0.5, 0.6) is 0 Å². The van der Waals surface area contributed by atoms with Crippen LogP contribution in [0.25, 0.3) is 0 Å². The molecule has 0 aromatic heterocycles. The molecule has 1 heterocycles. The lowest BCUT2D eigenvalue weighted by molar-refractivity contribution is -0.291. The van der Waals surface area contributed by atoms with E-state index in [4.69, 9.17) is 9.47 Å². The van der Waals surface area contributed by atoms with Gasteiger partial charge >= 0.3 is 5.97 Å². The molecule has 9 nitrogen and oxygen atoms in total. The molecule has 0 saturated carbocycles. The van der Waals surface area contributed by atoms with E-state index in [2.05, 4.69) is 0 Å². The van der Waals surface area contributed by atoms with Crippen LogP contribution in [0, 0.1) is 5.41 Å². The molecule has 2 aliphatic rings. The predicted molar refractivity (Wildman–Crippen MR) is 105 cm³/mol. The maximum Gasteiger partial charge on any atom is 0.333 e. The van der Waals surface area contributed by atoms with Gasteiger partial charge in [0.2, 0.25) is 6.29 Å². The minimum absolute atomic E-state index is 0.0639. The van der Waals surface area contributed by atoms with Gasteiger partial charge in [-0.3, -0.25) is 4.79 Å². The zero-order valence-electron chi connectivity index (χ0n) is 17.5. The largest absolute Gasteiger partial charge is 0.430 e. The lowest BCUT2D eigenvalue weighted by Gasteiger charge is -2.44. The van der Waals surface area contributed by atoms with E-state index in [1.807, 2.05) is 0 Å². The van der Waals surface area contributed by atoms with Crippen molar-refractivity contribution in [2.45, 2.75) is 70.4 Å². The summed E-state index contributed by atoms with van der Waals surface area (Å²) in [6, 6.07) is 0. The first-order valence-electron chi connectivity index (χ1n) is 9.65. The van der Waals surface area contributed by atoms with Crippen LogP contribution in [0.2, 0.25) is 0 Å². The Bertz CT molecular complexity index is 764. The second-order valence-electron chi connectivity index (χ2n) is 8.48. The van der Waals surface area contributed by atoms with Gasteiger partial charge < -0.3 is 35.0 Å². The molecule has 1 saturated heterocycles. The van der Waals surface area contributed by atoms with Gasteiger partial charge in [-0.15, -0.1) is 0 Å². The van der Waals surface area contributed by atoms with E-state index in [0.717, 1.165) is 6.08 Å². The summed E-state index contributed by atoms with van der Waals surface area (Å²) in [5.41, 5.74) is -1.21. The Morgan fingerprint density at radius 3 is 2.47 bits per heavy atom. The van der Waals surface area contributed by atoms with Crippen molar-refractivity contribution in [2.24, 2.45) is 5.41 Å². The van der Waals surface area contributed by atoms with Gasteiger partial charge in [0, 0.05) is 17.9 Å². The molecule has 0 radical (unpaired) electrons. The second-order valence-corrected chi connectivity index (χ2v) is 8.48. The SMILES string of the molecule is CC1=CC(=O)CC(C)(C)[C@@]1(O)/C=C/C(C)=C\C(=O)OC1O[C@H](CO)[C@@H](O)[C@H](O)[C@H]1O. The molecule has 0 amide bonds. The number of ketones is 1. The Labute approximate surface area is 174 Å². The van der Waals surface area contributed by atoms with Gasteiger partial charge in [0.05, 0.1) is 6.61 Å². The Kier molecular flexibility index (Phi) is 7.39. The van der Waals surface area contributed by atoms with Crippen LogP contribution in [0.15, 0.2) is 35.5 Å². The molecular weight excluding hydrogens is 396 g/mol. The van der Waals surface area contributed by atoms with Crippen LogP contribution in [-0.2, 0) is 19.1 Å². The zero-order chi connectivity index (χ0) is 22.9. The minimum Gasteiger partial charge on any atom is -0.430 e. The van der Waals surface area contributed by atoms with Crippen molar-refractivity contribution in [1.29, 1.82) is 0 Å². The maximum atomic E-state index is 12.2. The van der Waals surface area contributed by atoms with E-state index in [1.54, 1.807) is 27.7 Å². The van der Waals surface area contributed by atoms with Crippen molar-refractivity contribution in [1.82, 2.24) is 0 Å². The van der Waals surface area contributed by atoms with Crippen molar-refractivity contribution < 1.29 is 44.6 Å². The number of hydrogen-bond acceptors (Lipinski definition) is 9. The summed E-state index contributed by atoms with van der Waals surface area (Å²) in [6.07, 6.45) is -1.95. The van der Waals surface area contributed by atoms with Crippen molar-refractivity contribution in [3.8, 4) is 0 Å². The summed E-state index contributed by atoms with van der Waals surface area (Å²) in [6.45, 7) is 6.17. The average Bonchev–Trinajstić information content (AvgIpc) is 2.64. The molecule has 5 N–H and O–H groups in total. The van der Waals surface area contributed by atoms with Crippen LogP contribution in [0.3, 0.4) is 0 Å². The highest BCUT2D eigenvalue weighted by Gasteiger charge is 2.47. The Morgan fingerprint density at radius 1 is 1.27 bits per heavy atom. The maximum absolute atomic E-state index is 12.2. The second kappa shape index (κ2) is 9.09. The fraction of sp³-hybridized carbons (Fsp3) is 0.619. The molecule has 1 unspecified atom stereocenters. The summed E-state index contributed by atoms with van der Waals surface area (Å²) in [4.78, 5) is 24.0. The number of carbonyl (C=O) groups excluding carboxylic acids is 2. The summed E-state index contributed by atoms with van der Waals surface area (Å²) >= 11 is 0. The van der Waals surface area contributed by atoms with Gasteiger partial charge in [0.15, 0.2) is 5.78 Å². The highest BCUT2D eigenvalue weighted by Crippen LogP contribution is 2.44. The third-order valence-corrected chi connectivity index (χ3v) is 5.64. The van der Waals surface area contributed by atoms with Crippen molar-refractivity contribution in [3.05, 3.63) is 35.5 Å². The van der Waals surface area contributed by atoms with E-state index >= 15 is 0 Å². The first-order chi connectivity index (χ1) is 13.8. The number of rotatable bonds is 5. The standard InChI is InChI=1S/C21H30O9/c1-11(5-6-21(28)12(2)8-13(23)9-20(21,3)4)7-15(24)30-19-18(27)17(26)16(25)14(10-22)29-19/h5-8,14,16-19,22,25-28H,9-10H2,1-4H3/b6-5+,11-7-/t14-,16-,17+,18-,19?,21-/m1/s1. The summed E-state index contributed by atoms with van der Waals surface area (Å²) in [5, 5.41) is 49.7. The van der Waals surface area contributed by atoms with Crippen LogP contribution < -0.4 is 0 Å². The first kappa shape index (κ1) is 24.4. The molecule has 9 heteroatoms. The molecule has 168 valence electrons. The van der Waals surface area contributed by atoms with E-state index in [9.17, 15) is 35.1 Å². The number of esters is 1. The zero-order valence-corrected chi connectivity index (χ0v) is 17.5. The first-order valence-corrected chi connectivity index (χ1v) is 9.65. The lowest BCUT2D eigenvalue weighted by atomic mass is 9.64. The highest BCUT2D eigenvalue weighted by atomic mass is 16.7. The number of ether oxygens (including phenoxy) is 2. The van der Waals surface area contributed by atoms with Crippen molar-refractivity contribution in [3.63, 3.8) is 0 Å². The normalized spacial score (nSPS) is 37.2. The van der Waals surface area contributed by atoms with Gasteiger partial charge in [0.1, 0.15) is 30.0 Å². The van der Waals surface area contributed by atoms with Crippen molar-refractivity contribution >= 4 is 11.8 Å². The van der Waals surface area contributed by atoms with Gasteiger partial charge in [-0.25, -0.2) is 4.79 Å². The van der Waals surface area contributed by atoms with Crippen LogP contribution in [0.4, 0.5) is 0 Å². The fourth-order valence-corrected chi connectivity index (χ4v) is 3.66. The van der Waals surface area contributed by atoms with Gasteiger partial charge in [-0.05, 0) is 37.1 Å². The quantitative estimate of drug-likeness (QED) is 0.222. The summed E-state index contributed by atoms with van der Waals surface area (Å²) < 4.78 is 10.1. The van der Waals surface area contributed by atoms with Gasteiger partial charge in [0.25, 0.3) is 0 Å². The van der Waals surface area contributed by atoms with E-state index in [0.29, 0.717) is 11.1 Å². The van der Waals surface area contributed by atoms with Gasteiger partial charge in [-0.1, -0.05) is 19.9 Å². The number of aliphatic hydroxyl groups excluding tert-OH is 4. The Balaban J connectivity index is 2.11. The molecule has 0 aromatic rings. The Morgan fingerprint density at radius 2 is 1.90 bits per heavy atom. The summed E-state index contributed by atoms with van der Waals surface area (Å²) in [7, 11) is 0. The fourth-order valence-electron chi connectivity index (χ4n) is 3.66. The molecule has 1 aliphatic heterocycles. The smallest absolute Gasteiger partial charge is 0.333 e. The Hall–Kier alpha value is -1.88. The number of allylic oxidation sites excluding steroid dienone is 3. The van der Waals surface area contributed by atoms with E-state index in [-0.39, 0.29) is 12.2 Å². The topological polar surface area (TPSA) is 154 Å². The molecule has 2 rings (SSSR count).